The topological polar surface area (TPSA) is 81.5 Å². The van der Waals surface area contributed by atoms with Crippen molar-refractivity contribution >= 4 is 38.9 Å². The first-order valence-corrected chi connectivity index (χ1v) is 12.6. The van der Waals surface area contributed by atoms with E-state index in [1.807, 2.05) is 37.3 Å². The minimum Gasteiger partial charge on any atom is -0.460 e. The van der Waals surface area contributed by atoms with E-state index in [9.17, 15) is 13.2 Å². The number of halogens is 1. The van der Waals surface area contributed by atoms with E-state index < -0.39 is 10.0 Å². The summed E-state index contributed by atoms with van der Waals surface area (Å²) < 4.78 is 34.2. The number of sulfonamides is 1. The van der Waals surface area contributed by atoms with Crippen LogP contribution in [-0.2, 0) is 26.2 Å². The van der Waals surface area contributed by atoms with Gasteiger partial charge in [-0.25, -0.2) is 13.1 Å². The third-order valence-electron chi connectivity index (χ3n) is 5.36. The highest BCUT2D eigenvalue weighted by Crippen LogP contribution is 2.28. The number of ether oxygens (including phenoxy) is 1. The van der Waals surface area contributed by atoms with Crippen LogP contribution in [0.25, 0.3) is 5.69 Å². The highest BCUT2D eigenvalue weighted by molar-refractivity contribution is 7.91. The first kappa shape index (κ1) is 22.0. The SMILES string of the molecule is Cc1nn(-c2ccccc2)c(Cl)c1COC(=O)C1CCN(S(=O)(=O)c2cccs2)CC1. The molecule has 1 aromatic carbocycles. The summed E-state index contributed by atoms with van der Waals surface area (Å²) in [4.78, 5) is 12.6. The zero-order valence-electron chi connectivity index (χ0n) is 16.9. The molecule has 164 valence electrons. The third kappa shape index (κ3) is 4.55. The van der Waals surface area contributed by atoms with Crippen LogP contribution < -0.4 is 0 Å². The van der Waals surface area contributed by atoms with E-state index in [1.165, 1.54) is 15.6 Å². The molecule has 4 rings (SSSR count). The van der Waals surface area contributed by atoms with E-state index in [0.717, 1.165) is 5.69 Å². The lowest BCUT2D eigenvalue weighted by atomic mass is 9.98. The molecule has 0 saturated carbocycles. The van der Waals surface area contributed by atoms with Gasteiger partial charge in [-0.1, -0.05) is 35.9 Å². The fraction of sp³-hybridized carbons (Fsp3) is 0.333. The second-order valence-electron chi connectivity index (χ2n) is 7.32. The lowest BCUT2D eigenvalue weighted by Crippen LogP contribution is -2.40. The summed E-state index contributed by atoms with van der Waals surface area (Å²) in [7, 11) is -3.49. The Morgan fingerprint density at radius 3 is 2.55 bits per heavy atom. The number of benzene rings is 1. The van der Waals surface area contributed by atoms with Crippen LogP contribution in [0.3, 0.4) is 0 Å². The van der Waals surface area contributed by atoms with Gasteiger partial charge < -0.3 is 4.74 Å². The molecular formula is C21H22ClN3O4S2. The lowest BCUT2D eigenvalue weighted by molar-refractivity contribution is -0.151. The summed E-state index contributed by atoms with van der Waals surface area (Å²) >= 11 is 7.69. The number of esters is 1. The Morgan fingerprint density at radius 1 is 1.19 bits per heavy atom. The Labute approximate surface area is 190 Å². The summed E-state index contributed by atoms with van der Waals surface area (Å²) in [6.07, 6.45) is 0.860. The van der Waals surface area contributed by atoms with Crippen LogP contribution in [0.2, 0.25) is 5.15 Å². The number of thiophene rings is 1. The van der Waals surface area contributed by atoms with Gasteiger partial charge in [-0.15, -0.1) is 11.3 Å². The lowest BCUT2D eigenvalue weighted by Gasteiger charge is -2.29. The average Bonchev–Trinajstić information content (AvgIpc) is 3.42. The first-order valence-electron chi connectivity index (χ1n) is 9.87. The standard InChI is InChI=1S/C21H22ClN3O4S2/c1-15-18(20(22)25(23-15)17-6-3-2-4-7-17)14-29-21(26)16-9-11-24(12-10-16)31(27,28)19-8-5-13-30-19/h2-8,13,16H,9-12,14H2,1H3. The molecular weight excluding hydrogens is 458 g/mol. The number of para-hydroxylation sites is 1. The van der Waals surface area contributed by atoms with Crippen LogP contribution in [0.15, 0.2) is 52.1 Å². The Kier molecular flexibility index (Phi) is 6.47. The van der Waals surface area contributed by atoms with Gasteiger partial charge in [-0.05, 0) is 43.3 Å². The van der Waals surface area contributed by atoms with Gasteiger partial charge in [-0.3, -0.25) is 4.79 Å². The molecule has 1 aliphatic heterocycles. The molecule has 0 aliphatic carbocycles. The van der Waals surface area contributed by atoms with E-state index in [1.54, 1.807) is 22.2 Å². The smallest absolute Gasteiger partial charge is 0.309 e. The summed E-state index contributed by atoms with van der Waals surface area (Å²) in [6.45, 7) is 2.45. The molecule has 31 heavy (non-hydrogen) atoms. The number of nitrogens with zero attached hydrogens (tertiary/aromatic N) is 3. The fourth-order valence-electron chi connectivity index (χ4n) is 3.57. The monoisotopic (exact) mass is 479 g/mol. The van der Waals surface area contributed by atoms with Crippen molar-refractivity contribution in [2.75, 3.05) is 13.1 Å². The number of carbonyl (C=O) groups excluding carboxylic acids is 1. The Balaban J connectivity index is 1.36. The maximum atomic E-state index is 12.6. The zero-order valence-corrected chi connectivity index (χ0v) is 19.3. The van der Waals surface area contributed by atoms with Gasteiger partial charge in [0.25, 0.3) is 10.0 Å². The normalized spacial score (nSPS) is 15.8. The highest BCUT2D eigenvalue weighted by Gasteiger charge is 2.33. The molecule has 0 spiro atoms. The summed E-state index contributed by atoms with van der Waals surface area (Å²) in [6, 6.07) is 12.8. The molecule has 0 radical (unpaired) electrons. The molecule has 3 heterocycles. The largest absolute Gasteiger partial charge is 0.460 e. The maximum Gasteiger partial charge on any atom is 0.309 e. The molecule has 0 unspecified atom stereocenters. The second-order valence-corrected chi connectivity index (χ2v) is 10.8. The summed E-state index contributed by atoms with van der Waals surface area (Å²) in [5, 5.41) is 6.60. The van der Waals surface area contributed by atoms with Crippen molar-refractivity contribution < 1.29 is 17.9 Å². The van der Waals surface area contributed by atoms with Crippen molar-refractivity contribution in [3.63, 3.8) is 0 Å². The predicted molar refractivity (Wildman–Crippen MR) is 119 cm³/mol. The number of carbonyl (C=O) groups is 1. The Morgan fingerprint density at radius 2 is 1.90 bits per heavy atom. The molecule has 0 amide bonds. The average molecular weight is 480 g/mol. The van der Waals surface area contributed by atoms with Gasteiger partial charge in [0.1, 0.15) is 16.0 Å². The second kappa shape index (κ2) is 9.12. The molecule has 0 atom stereocenters. The maximum absolute atomic E-state index is 12.6. The van der Waals surface area contributed by atoms with Gasteiger partial charge in [-0.2, -0.15) is 9.40 Å². The quantitative estimate of drug-likeness (QED) is 0.498. The van der Waals surface area contributed by atoms with E-state index in [2.05, 4.69) is 5.10 Å². The Bertz CT molecular complexity index is 1150. The molecule has 3 aromatic rings. The molecule has 1 fully saturated rings. The zero-order chi connectivity index (χ0) is 22.0. The Hall–Kier alpha value is -2.20. The number of hydrogen-bond acceptors (Lipinski definition) is 6. The van der Waals surface area contributed by atoms with Crippen LogP contribution in [0.1, 0.15) is 24.1 Å². The number of hydrogen-bond donors (Lipinski definition) is 0. The highest BCUT2D eigenvalue weighted by atomic mass is 35.5. The van der Waals surface area contributed by atoms with Crippen molar-refractivity contribution in [3.8, 4) is 5.69 Å². The van der Waals surface area contributed by atoms with Crippen LogP contribution in [0.5, 0.6) is 0 Å². The minimum absolute atomic E-state index is 0.0318. The van der Waals surface area contributed by atoms with E-state index in [-0.39, 0.29) is 18.5 Å². The number of piperidine rings is 1. The number of rotatable bonds is 6. The number of aryl methyl sites for hydroxylation is 1. The van der Waals surface area contributed by atoms with Crippen molar-refractivity contribution in [1.82, 2.24) is 14.1 Å². The van der Waals surface area contributed by atoms with Gasteiger partial charge in [0.2, 0.25) is 0 Å². The van der Waals surface area contributed by atoms with Gasteiger partial charge in [0.05, 0.1) is 17.3 Å². The van der Waals surface area contributed by atoms with E-state index in [0.29, 0.717) is 46.6 Å². The van der Waals surface area contributed by atoms with Crippen molar-refractivity contribution in [2.45, 2.75) is 30.6 Å². The van der Waals surface area contributed by atoms with E-state index >= 15 is 0 Å². The fourth-order valence-corrected chi connectivity index (χ4v) is 6.51. The van der Waals surface area contributed by atoms with Crippen LogP contribution >= 0.6 is 22.9 Å². The van der Waals surface area contributed by atoms with Crippen LogP contribution in [0, 0.1) is 12.8 Å². The van der Waals surface area contributed by atoms with Crippen LogP contribution in [-0.4, -0.2) is 41.6 Å². The van der Waals surface area contributed by atoms with Gasteiger partial charge >= 0.3 is 5.97 Å². The van der Waals surface area contributed by atoms with Crippen molar-refractivity contribution in [3.05, 3.63) is 64.3 Å². The number of aromatic nitrogens is 2. The third-order valence-corrected chi connectivity index (χ3v) is 9.02. The predicted octanol–water partition coefficient (Wildman–Crippen LogP) is 4.04. The molecule has 7 nitrogen and oxygen atoms in total. The molecule has 10 heteroatoms. The van der Waals surface area contributed by atoms with Crippen molar-refractivity contribution in [1.29, 1.82) is 0 Å². The first-order chi connectivity index (χ1) is 14.9. The van der Waals surface area contributed by atoms with Gasteiger partial charge in [0, 0.05) is 18.7 Å². The molecule has 0 N–H and O–H groups in total. The van der Waals surface area contributed by atoms with Crippen LogP contribution in [0.4, 0.5) is 0 Å². The van der Waals surface area contributed by atoms with Gasteiger partial charge in [0.15, 0.2) is 0 Å². The minimum atomic E-state index is -3.49. The van der Waals surface area contributed by atoms with E-state index in [4.69, 9.17) is 16.3 Å². The summed E-state index contributed by atoms with van der Waals surface area (Å²) in [5.41, 5.74) is 2.18. The molecule has 1 aliphatic rings. The molecule has 1 saturated heterocycles. The summed E-state index contributed by atoms with van der Waals surface area (Å²) in [5.74, 6) is -0.672. The van der Waals surface area contributed by atoms with Crippen molar-refractivity contribution in [2.24, 2.45) is 5.92 Å². The molecule has 2 aromatic heterocycles. The molecule has 0 bridgehead atoms.